The average Bonchev–Trinajstić information content (AvgIpc) is 3.38. The maximum atomic E-state index is 13.6. The number of nitrogens with one attached hydrogen (secondary N) is 1. The molecule has 2 aliphatic rings. The van der Waals surface area contributed by atoms with E-state index in [2.05, 4.69) is 15.0 Å². The molecule has 238 valence electrons. The normalized spacial score (nSPS) is 26.7. The Labute approximate surface area is 243 Å². The van der Waals surface area contributed by atoms with Crippen LogP contribution in [0.1, 0.15) is 61.6 Å². The van der Waals surface area contributed by atoms with Crippen LogP contribution in [-0.2, 0) is 32.0 Å². The van der Waals surface area contributed by atoms with E-state index in [1.807, 2.05) is 55.4 Å². The van der Waals surface area contributed by atoms with E-state index in [9.17, 15) is 26.4 Å². The number of fused-ring (bicyclic) bond motifs is 2. The van der Waals surface area contributed by atoms with Crippen LogP contribution >= 0.6 is 0 Å². The van der Waals surface area contributed by atoms with E-state index in [0.717, 1.165) is 10.9 Å². The molecule has 0 radical (unpaired) electrons. The van der Waals surface area contributed by atoms with Gasteiger partial charge in [-0.3, -0.25) is 18.5 Å². The number of imidazole rings is 1. The van der Waals surface area contributed by atoms with Crippen molar-refractivity contribution in [3.05, 3.63) is 16.7 Å². The minimum atomic E-state index is -6.14. The van der Waals surface area contributed by atoms with Crippen LogP contribution in [0.25, 0.3) is 11.2 Å². The van der Waals surface area contributed by atoms with Crippen LogP contribution in [0.4, 0.5) is 19.1 Å². The molecule has 4 rings (SSSR count). The highest BCUT2D eigenvalue weighted by atomic mass is 32.2. The number of anilines is 1. The number of halogens is 3. The predicted octanol–water partition coefficient (Wildman–Crippen LogP) is 3.79. The fourth-order valence-electron chi connectivity index (χ4n) is 5.78. The molecular weight excluding hydrogens is 620 g/mol. The number of rotatable bonds is 7. The number of ether oxygens (including phenoxy) is 1. The Morgan fingerprint density at radius 1 is 1.07 bits per heavy atom. The second-order valence-electron chi connectivity index (χ2n) is 11.9. The standard InChI is InChI=1S/C23H38F3N5O8SSi2/c1-11(2)41(12(3)4)35-9-15-17(38-42(39-41,13(5)6)14(7)8)18(37-40(33,34)23(24,25)26)21(36-15)31-10-28-16-19(31)29-22(27)30-20(16)32/h10-15,17-18,21H,9H2,1-8H3,(H3,27,29,30,32)/t15-,17-,18+,21-/m1/s1. The van der Waals surface area contributed by atoms with Crippen LogP contribution in [-0.4, -0.2) is 75.5 Å². The second kappa shape index (κ2) is 11.2. The van der Waals surface area contributed by atoms with E-state index in [1.54, 1.807) is 0 Å². The molecule has 4 atom stereocenters. The molecule has 2 saturated heterocycles. The van der Waals surface area contributed by atoms with Gasteiger partial charge >= 0.3 is 32.7 Å². The summed E-state index contributed by atoms with van der Waals surface area (Å²) in [5.41, 5.74) is -1.57. The van der Waals surface area contributed by atoms with E-state index >= 15 is 0 Å². The number of nitrogens with two attached hydrogens (primary N) is 1. The Hall–Kier alpha value is -1.88. The van der Waals surface area contributed by atoms with Gasteiger partial charge in [0.05, 0.1) is 12.9 Å². The van der Waals surface area contributed by atoms with E-state index in [4.69, 9.17) is 27.6 Å². The van der Waals surface area contributed by atoms with Gasteiger partial charge < -0.3 is 23.4 Å². The Morgan fingerprint density at radius 3 is 2.17 bits per heavy atom. The molecule has 0 bridgehead atoms. The first-order valence-corrected chi connectivity index (χ1v) is 19.0. The fourth-order valence-corrected chi connectivity index (χ4v) is 17.6. The molecule has 2 aliphatic heterocycles. The quantitative estimate of drug-likeness (QED) is 0.252. The third-order valence-corrected chi connectivity index (χ3v) is 19.2. The van der Waals surface area contributed by atoms with Crippen LogP contribution in [0.5, 0.6) is 0 Å². The lowest BCUT2D eigenvalue weighted by molar-refractivity contribution is -0.0694. The molecule has 0 saturated carbocycles. The summed E-state index contributed by atoms with van der Waals surface area (Å²) in [7, 11) is -12.6. The minimum Gasteiger partial charge on any atom is -0.414 e. The smallest absolute Gasteiger partial charge is 0.414 e. The molecule has 42 heavy (non-hydrogen) atoms. The van der Waals surface area contributed by atoms with Crippen molar-refractivity contribution in [2.75, 3.05) is 12.3 Å². The van der Waals surface area contributed by atoms with Crippen LogP contribution in [0, 0.1) is 0 Å². The monoisotopic (exact) mass is 657 g/mol. The number of nitrogen functional groups attached to an aromatic ring is 1. The van der Waals surface area contributed by atoms with Crippen LogP contribution < -0.4 is 11.3 Å². The summed E-state index contributed by atoms with van der Waals surface area (Å²) < 4.78 is 98.5. The third kappa shape index (κ3) is 5.46. The van der Waals surface area contributed by atoms with Gasteiger partial charge in [0.2, 0.25) is 5.95 Å². The molecule has 0 aromatic carbocycles. The van der Waals surface area contributed by atoms with Gasteiger partial charge in [-0.2, -0.15) is 26.6 Å². The van der Waals surface area contributed by atoms with E-state index in [1.165, 1.54) is 0 Å². The summed E-state index contributed by atoms with van der Waals surface area (Å²) in [5, 5.41) is 0. The van der Waals surface area contributed by atoms with Gasteiger partial charge in [-0.25, -0.2) is 4.98 Å². The van der Waals surface area contributed by atoms with E-state index in [0.29, 0.717) is 0 Å². The number of nitrogens with zero attached hydrogens (tertiary/aromatic N) is 3. The first-order valence-electron chi connectivity index (χ1n) is 13.7. The predicted molar refractivity (Wildman–Crippen MR) is 150 cm³/mol. The van der Waals surface area contributed by atoms with Gasteiger partial charge in [-0.1, -0.05) is 55.4 Å². The molecular formula is C23H38F3N5O8SSi2. The molecule has 2 aromatic rings. The van der Waals surface area contributed by atoms with Crippen molar-refractivity contribution in [1.82, 2.24) is 19.5 Å². The molecule has 3 N–H and O–H groups in total. The highest BCUT2D eigenvalue weighted by Crippen LogP contribution is 2.49. The summed E-state index contributed by atoms with van der Waals surface area (Å²) in [5.74, 6) is -0.290. The zero-order valence-electron chi connectivity index (χ0n) is 24.6. The van der Waals surface area contributed by atoms with Crippen molar-refractivity contribution in [3.63, 3.8) is 0 Å². The molecule has 0 spiro atoms. The number of aromatic nitrogens is 4. The summed E-state index contributed by atoms with van der Waals surface area (Å²) in [6, 6.07) is 0. The molecule has 2 aromatic heterocycles. The Bertz CT molecular complexity index is 1450. The largest absolute Gasteiger partial charge is 0.523 e. The number of aromatic amines is 1. The summed E-state index contributed by atoms with van der Waals surface area (Å²) in [6.45, 7) is 15.4. The number of hydrogen-bond acceptors (Lipinski definition) is 11. The minimum absolute atomic E-state index is 0.0339. The highest BCUT2D eigenvalue weighted by molar-refractivity contribution is 7.87. The molecule has 2 fully saturated rings. The SMILES string of the molecule is CC(C)[Si]1(C(C)C)OC[C@H]2O[C@@H](n3cnc4c(=O)[nH]c(N)nc43)[C@@H](OS(=O)(=O)C(F)(F)F)[C@@H]2O[Si](C(C)C)(C(C)C)O1. The van der Waals surface area contributed by atoms with Crippen molar-refractivity contribution in [2.24, 2.45) is 0 Å². The van der Waals surface area contributed by atoms with Gasteiger partial charge in [0, 0.05) is 0 Å². The zero-order chi connectivity index (χ0) is 31.6. The van der Waals surface area contributed by atoms with Crippen LogP contribution in [0.15, 0.2) is 11.1 Å². The number of hydrogen-bond donors (Lipinski definition) is 2. The van der Waals surface area contributed by atoms with Gasteiger partial charge in [-0.05, 0) is 22.2 Å². The summed E-state index contributed by atoms with van der Waals surface area (Å²) in [4.78, 5) is 22.8. The second-order valence-corrected chi connectivity index (χ2v) is 22.3. The van der Waals surface area contributed by atoms with Gasteiger partial charge in [0.1, 0.15) is 12.2 Å². The molecule has 0 aliphatic carbocycles. The van der Waals surface area contributed by atoms with Crippen LogP contribution in [0.2, 0.25) is 22.2 Å². The Morgan fingerprint density at radius 2 is 1.64 bits per heavy atom. The van der Waals surface area contributed by atoms with Crippen molar-refractivity contribution in [3.8, 4) is 0 Å². The van der Waals surface area contributed by atoms with Gasteiger partial charge in [0.15, 0.2) is 23.5 Å². The third-order valence-electron chi connectivity index (χ3n) is 7.86. The maximum Gasteiger partial charge on any atom is 0.523 e. The lowest BCUT2D eigenvalue weighted by Crippen LogP contribution is -2.66. The Kier molecular flexibility index (Phi) is 8.84. The maximum absolute atomic E-state index is 13.6. The summed E-state index contributed by atoms with van der Waals surface area (Å²) in [6.07, 6.45) is -4.80. The zero-order valence-corrected chi connectivity index (χ0v) is 27.4. The average molecular weight is 658 g/mol. The van der Waals surface area contributed by atoms with Gasteiger partial charge in [0.25, 0.3) is 5.56 Å². The molecule has 0 unspecified atom stereocenters. The van der Waals surface area contributed by atoms with Crippen molar-refractivity contribution in [1.29, 1.82) is 0 Å². The lowest BCUT2D eigenvalue weighted by Gasteiger charge is -2.51. The Balaban J connectivity index is 1.93. The lowest BCUT2D eigenvalue weighted by atomic mass is 10.1. The van der Waals surface area contributed by atoms with Crippen molar-refractivity contribution in [2.45, 2.75) is 108 Å². The molecule has 0 amide bonds. The first kappa shape index (κ1) is 33.0. The fraction of sp³-hybridized carbons (Fsp3) is 0.783. The summed E-state index contributed by atoms with van der Waals surface area (Å²) >= 11 is 0. The molecule has 4 heterocycles. The topological polar surface area (TPSA) is 170 Å². The first-order chi connectivity index (χ1) is 19.3. The van der Waals surface area contributed by atoms with Gasteiger partial charge in [-0.15, -0.1) is 0 Å². The number of alkyl halides is 3. The van der Waals surface area contributed by atoms with E-state index in [-0.39, 0.29) is 45.9 Å². The molecule has 13 nitrogen and oxygen atoms in total. The van der Waals surface area contributed by atoms with E-state index < -0.39 is 62.8 Å². The highest BCUT2D eigenvalue weighted by Gasteiger charge is 2.63. The van der Waals surface area contributed by atoms with Crippen molar-refractivity contribution < 1.29 is 43.5 Å². The van der Waals surface area contributed by atoms with Crippen LogP contribution in [0.3, 0.4) is 0 Å². The number of H-pyrrole nitrogens is 1. The molecule has 19 heteroatoms. The van der Waals surface area contributed by atoms with Crippen molar-refractivity contribution >= 4 is 44.4 Å².